The van der Waals surface area contributed by atoms with Crippen LogP contribution in [-0.2, 0) is 9.47 Å². The zero-order chi connectivity index (χ0) is 21.8. The minimum absolute atomic E-state index is 0.0850. The SMILES string of the molecule is CC(C)(C)OC(=O)NC1CCC(Oc2cc(N3CCOCC3)cc3nccnc23)CC1. The van der Waals surface area contributed by atoms with Crippen molar-refractivity contribution in [2.24, 2.45) is 0 Å². The van der Waals surface area contributed by atoms with E-state index in [1.165, 1.54) is 0 Å². The van der Waals surface area contributed by atoms with Crippen LogP contribution < -0.4 is 15.0 Å². The molecule has 31 heavy (non-hydrogen) atoms. The molecule has 2 fully saturated rings. The van der Waals surface area contributed by atoms with Crippen LogP contribution in [0.15, 0.2) is 24.5 Å². The van der Waals surface area contributed by atoms with Crippen molar-refractivity contribution in [3.63, 3.8) is 0 Å². The monoisotopic (exact) mass is 428 g/mol. The Morgan fingerprint density at radius 1 is 1.10 bits per heavy atom. The number of aromatic nitrogens is 2. The normalized spacial score (nSPS) is 22.2. The molecule has 8 nitrogen and oxygen atoms in total. The average molecular weight is 429 g/mol. The van der Waals surface area contributed by atoms with Crippen LogP contribution in [0, 0.1) is 0 Å². The number of morpholine rings is 1. The van der Waals surface area contributed by atoms with Gasteiger partial charge in [-0.05, 0) is 52.5 Å². The zero-order valence-electron chi connectivity index (χ0n) is 18.6. The molecular weight excluding hydrogens is 396 g/mol. The van der Waals surface area contributed by atoms with E-state index in [1.807, 2.05) is 20.8 Å². The number of nitrogens with one attached hydrogen (secondary N) is 1. The number of alkyl carbamates (subject to hydrolysis) is 1. The maximum atomic E-state index is 12.0. The average Bonchev–Trinajstić information content (AvgIpc) is 2.74. The summed E-state index contributed by atoms with van der Waals surface area (Å²) >= 11 is 0. The van der Waals surface area contributed by atoms with Crippen molar-refractivity contribution < 1.29 is 19.0 Å². The molecule has 168 valence electrons. The summed E-state index contributed by atoms with van der Waals surface area (Å²) in [6.45, 7) is 8.77. The third kappa shape index (κ3) is 5.76. The van der Waals surface area contributed by atoms with Crippen LogP contribution in [0.1, 0.15) is 46.5 Å². The van der Waals surface area contributed by atoms with Gasteiger partial charge < -0.3 is 24.4 Å². The zero-order valence-corrected chi connectivity index (χ0v) is 18.6. The van der Waals surface area contributed by atoms with Crippen LogP contribution in [0.5, 0.6) is 5.75 Å². The number of carbonyl (C=O) groups excluding carboxylic acids is 1. The number of benzene rings is 1. The molecule has 0 unspecified atom stereocenters. The summed E-state index contributed by atoms with van der Waals surface area (Å²) in [6.07, 6.45) is 6.59. The van der Waals surface area contributed by atoms with Crippen LogP contribution in [-0.4, -0.2) is 60.1 Å². The first kappa shape index (κ1) is 21.6. The van der Waals surface area contributed by atoms with Crippen LogP contribution in [0.2, 0.25) is 0 Å². The minimum atomic E-state index is -0.488. The fourth-order valence-electron chi connectivity index (χ4n) is 4.10. The van der Waals surface area contributed by atoms with Crippen molar-refractivity contribution in [2.45, 2.75) is 64.2 Å². The molecule has 0 bridgehead atoms. The third-order valence-corrected chi connectivity index (χ3v) is 5.59. The molecule has 0 radical (unpaired) electrons. The molecule has 2 aliphatic rings. The third-order valence-electron chi connectivity index (χ3n) is 5.59. The maximum absolute atomic E-state index is 12.0. The fraction of sp³-hybridized carbons (Fsp3) is 0.609. The molecule has 1 aromatic heterocycles. The number of anilines is 1. The van der Waals surface area contributed by atoms with Gasteiger partial charge in [-0.3, -0.25) is 4.98 Å². The molecule has 1 saturated heterocycles. The Bertz CT molecular complexity index is 900. The molecule has 2 aromatic rings. The second kappa shape index (κ2) is 9.26. The molecule has 1 aliphatic carbocycles. The quantitative estimate of drug-likeness (QED) is 0.795. The van der Waals surface area contributed by atoms with Gasteiger partial charge in [-0.1, -0.05) is 0 Å². The van der Waals surface area contributed by atoms with E-state index < -0.39 is 5.60 Å². The molecule has 1 N–H and O–H groups in total. The molecule has 4 rings (SSSR count). The van der Waals surface area contributed by atoms with E-state index in [0.29, 0.717) is 0 Å². The van der Waals surface area contributed by atoms with Gasteiger partial charge in [0.15, 0.2) is 0 Å². The van der Waals surface area contributed by atoms with Crippen molar-refractivity contribution in [2.75, 3.05) is 31.2 Å². The smallest absolute Gasteiger partial charge is 0.407 e. The molecular formula is C23H32N4O4. The van der Waals surface area contributed by atoms with Gasteiger partial charge in [0.1, 0.15) is 16.9 Å². The molecule has 1 aliphatic heterocycles. The molecule has 8 heteroatoms. The van der Waals surface area contributed by atoms with Crippen molar-refractivity contribution in [1.82, 2.24) is 15.3 Å². The highest BCUT2D eigenvalue weighted by Gasteiger charge is 2.26. The molecule has 0 spiro atoms. The van der Waals surface area contributed by atoms with Crippen molar-refractivity contribution in [1.29, 1.82) is 0 Å². The van der Waals surface area contributed by atoms with E-state index in [0.717, 1.165) is 74.5 Å². The highest BCUT2D eigenvalue weighted by Crippen LogP contribution is 2.33. The lowest BCUT2D eigenvalue weighted by Gasteiger charge is -2.31. The number of ether oxygens (including phenoxy) is 3. The van der Waals surface area contributed by atoms with E-state index >= 15 is 0 Å². The first-order valence-electron chi connectivity index (χ1n) is 11.1. The van der Waals surface area contributed by atoms with Crippen molar-refractivity contribution >= 4 is 22.8 Å². The summed E-state index contributed by atoms with van der Waals surface area (Å²) in [5.74, 6) is 0.774. The number of carbonyl (C=O) groups is 1. The predicted octanol–water partition coefficient (Wildman–Crippen LogP) is 3.68. The van der Waals surface area contributed by atoms with E-state index in [9.17, 15) is 4.79 Å². The largest absolute Gasteiger partial charge is 0.488 e. The van der Waals surface area contributed by atoms with E-state index in [4.69, 9.17) is 14.2 Å². The summed E-state index contributed by atoms with van der Waals surface area (Å²) in [5, 5.41) is 2.98. The van der Waals surface area contributed by atoms with Gasteiger partial charge in [-0.15, -0.1) is 0 Å². The number of fused-ring (bicyclic) bond motifs is 1. The van der Waals surface area contributed by atoms with E-state index in [-0.39, 0.29) is 18.2 Å². The van der Waals surface area contributed by atoms with Gasteiger partial charge in [0.25, 0.3) is 0 Å². The van der Waals surface area contributed by atoms with Gasteiger partial charge in [-0.2, -0.15) is 0 Å². The van der Waals surface area contributed by atoms with Gasteiger partial charge in [0.2, 0.25) is 0 Å². The second-order valence-corrected chi connectivity index (χ2v) is 9.21. The molecule has 1 amide bonds. The predicted molar refractivity (Wildman–Crippen MR) is 119 cm³/mol. The number of amides is 1. The van der Waals surface area contributed by atoms with Gasteiger partial charge in [0, 0.05) is 43.3 Å². The van der Waals surface area contributed by atoms with Crippen molar-refractivity contribution in [3.8, 4) is 5.75 Å². The van der Waals surface area contributed by atoms with Crippen molar-refractivity contribution in [3.05, 3.63) is 24.5 Å². The van der Waals surface area contributed by atoms with Gasteiger partial charge in [-0.25, -0.2) is 9.78 Å². The number of nitrogens with zero attached hydrogens (tertiary/aromatic N) is 3. The molecule has 2 heterocycles. The second-order valence-electron chi connectivity index (χ2n) is 9.21. The highest BCUT2D eigenvalue weighted by atomic mass is 16.6. The summed E-state index contributed by atoms with van der Waals surface area (Å²) in [4.78, 5) is 23.4. The van der Waals surface area contributed by atoms with Crippen LogP contribution in [0.4, 0.5) is 10.5 Å². The Morgan fingerprint density at radius 2 is 1.81 bits per heavy atom. The molecule has 1 saturated carbocycles. The van der Waals surface area contributed by atoms with Crippen LogP contribution in [0.3, 0.4) is 0 Å². The maximum Gasteiger partial charge on any atom is 0.407 e. The van der Waals surface area contributed by atoms with Gasteiger partial charge >= 0.3 is 6.09 Å². The number of rotatable bonds is 4. The highest BCUT2D eigenvalue weighted by molar-refractivity contribution is 5.85. The van der Waals surface area contributed by atoms with E-state index in [2.05, 4.69) is 32.3 Å². The summed E-state index contributed by atoms with van der Waals surface area (Å²) < 4.78 is 17.3. The first-order valence-corrected chi connectivity index (χ1v) is 11.1. The summed E-state index contributed by atoms with van der Waals surface area (Å²) in [7, 11) is 0. The van der Waals surface area contributed by atoms with E-state index in [1.54, 1.807) is 12.4 Å². The van der Waals surface area contributed by atoms with Crippen LogP contribution >= 0.6 is 0 Å². The molecule has 0 atom stereocenters. The Balaban J connectivity index is 1.41. The lowest BCUT2D eigenvalue weighted by molar-refractivity contribution is 0.0471. The Kier molecular flexibility index (Phi) is 6.46. The Hall–Kier alpha value is -2.61. The fourth-order valence-corrected chi connectivity index (χ4v) is 4.10. The first-order chi connectivity index (χ1) is 14.9. The lowest BCUT2D eigenvalue weighted by atomic mass is 9.93. The Morgan fingerprint density at radius 3 is 2.52 bits per heavy atom. The number of hydrogen-bond acceptors (Lipinski definition) is 7. The summed E-state index contributed by atoms with van der Waals surface area (Å²) in [6, 6.07) is 4.26. The number of hydrogen-bond donors (Lipinski definition) is 1. The topological polar surface area (TPSA) is 85.8 Å². The summed E-state index contributed by atoms with van der Waals surface area (Å²) in [5.41, 5.74) is 2.22. The Labute approximate surface area is 183 Å². The van der Waals surface area contributed by atoms with Crippen LogP contribution in [0.25, 0.3) is 11.0 Å². The standard InChI is InChI=1S/C23H32N4O4/c1-23(2,3)31-22(28)26-16-4-6-18(7-5-16)30-20-15-17(27-10-12-29-13-11-27)14-19-21(20)25-9-8-24-19/h8-9,14-16,18H,4-7,10-13H2,1-3H3,(H,26,28). The molecule has 1 aromatic carbocycles. The minimum Gasteiger partial charge on any atom is -0.488 e. The van der Waals surface area contributed by atoms with Gasteiger partial charge in [0.05, 0.1) is 24.8 Å². The lowest BCUT2D eigenvalue weighted by Crippen LogP contribution is -2.42.